The first-order valence-electron chi connectivity index (χ1n) is 6.78. The molecule has 4 aromatic heterocycles. The number of pyridine rings is 1. The van der Waals surface area contributed by atoms with Crippen LogP contribution in [0.3, 0.4) is 0 Å². The number of nitrogens with zero attached hydrogens (tertiary/aromatic N) is 4. The fraction of sp³-hybridized carbons (Fsp3) is 0. The van der Waals surface area contributed by atoms with Gasteiger partial charge in [-0.25, -0.2) is 14.3 Å². The van der Waals surface area contributed by atoms with E-state index < -0.39 is 5.97 Å². The highest BCUT2D eigenvalue weighted by Crippen LogP contribution is 2.29. The monoisotopic (exact) mass is 358 g/mol. The highest BCUT2D eigenvalue weighted by atomic mass is 35.5. The predicted octanol–water partition coefficient (Wildman–Crippen LogP) is 3.64. The first-order valence-corrected chi connectivity index (χ1v) is 7.66. The molecular weight excluding hydrogens is 348 g/mol. The number of halogens is 1. The topological polar surface area (TPSA) is 80.4 Å². The minimum absolute atomic E-state index is 0. The minimum atomic E-state index is -0.926. The van der Waals surface area contributed by atoms with E-state index in [0.717, 1.165) is 22.3 Å². The van der Waals surface area contributed by atoms with Crippen molar-refractivity contribution in [2.24, 2.45) is 0 Å². The van der Waals surface area contributed by atoms with Gasteiger partial charge in [-0.15, -0.1) is 23.7 Å². The van der Waals surface area contributed by atoms with Crippen LogP contribution in [0.1, 0.15) is 9.67 Å². The summed E-state index contributed by atoms with van der Waals surface area (Å²) in [5, 5.41) is 15.2. The van der Waals surface area contributed by atoms with E-state index in [2.05, 4.69) is 15.1 Å². The molecule has 1 N–H and O–H groups in total. The molecule has 4 rings (SSSR count). The Labute approximate surface area is 146 Å². The van der Waals surface area contributed by atoms with Gasteiger partial charge in [0, 0.05) is 41.5 Å². The maximum Gasteiger partial charge on any atom is 0.345 e. The van der Waals surface area contributed by atoms with Crippen LogP contribution in [-0.2, 0) is 0 Å². The molecular formula is C16H11ClN4O2S. The largest absolute Gasteiger partial charge is 0.477 e. The summed E-state index contributed by atoms with van der Waals surface area (Å²) in [6.07, 6.45) is 8.84. The van der Waals surface area contributed by atoms with Crippen molar-refractivity contribution in [1.29, 1.82) is 0 Å². The van der Waals surface area contributed by atoms with Crippen molar-refractivity contribution in [2.45, 2.75) is 0 Å². The summed E-state index contributed by atoms with van der Waals surface area (Å²) < 4.78 is 1.69. The third-order valence-corrected chi connectivity index (χ3v) is 4.39. The van der Waals surface area contributed by atoms with E-state index in [1.165, 1.54) is 11.3 Å². The molecule has 0 aliphatic heterocycles. The zero-order valence-electron chi connectivity index (χ0n) is 12.2. The summed E-state index contributed by atoms with van der Waals surface area (Å²) in [5.41, 5.74) is 4.18. The lowest BCUT2D eigenvalue weighted by Gasteiger charge is -2.01. The predicted molar refractivity (Wildman–Crippen MR) is 93.7 cm³/mol. The molecule has 0 aromatic carbocycles. The summed E-state index contributed by atoms with van der Waals surface area (Å²) in [4.78, 5) is 19.9. The molecule has 0 aliphatic carbocycles. The molecule has 0 saturated carbocycles. The Morgan fingerprint density at radius 1 is 1.17 bits per heavy atom. The summed E-state index contributed by atoms with van der Waals surface area (Å²) >= 11 is 1.19. The van der Waals surface area contributed by atoms with Gasteiger partial charge in [-0.1, -0.05) is 6.07 Å². The number of rotatable bonds is 3. The smallest absolute Gasteiger partial charge is 0.345 e. The number of fused-ring (bicyclic) bond motifs is 1. The highest BCUT2D eigenvalue weighted by Gasteiger charge is 2.13. The highest BCUT2D eigenvalue weighted by molar-refractivity contribution is 7.12. The molecule has 6 nitrogen and oxygen atoms in total. The van der Waals surface area contributed by atoms with Crippen LogP contribution in [0.5, 0.6) is 0 Å². The Morgan fingerprint density at radius 2 is 2.04 bits per heavy atom. The molecule has 0 amide bonds. The summed E-state index contributed by atoms with van der Waals surface area (Å²) in [7, 11) is 0. The van der Waals surface area contributed by atoms with Gasteiger partial charge in [-0.3, -0.25) is 4.98 Å². The second-order valence-corrected chi connectivity index (χ2v) is 5.83. The van der Waals surface area contributed by atoms with Crippen LogP contribution >= 0.6 is 23.7 Å². The standard InChI is InChI=1S/C16H10N4O2S.ClH/c21-16(22)14-4-11(9-23-14)13-7-19-20-8-12(6-18-15(13)20)10-2-1-3-17-5-10;/h1-9H,(H,21,22);1H. The van der Waals surface area contributed by atoms with E-state index >= 15 is 0 Å². The second kappa shape index (κ2) is 6.38. The molecule has 0 aliphatic rings. The van der Waals surface area contributed by atoms with E-state index in [1.54, 1.807) is 40.7 Å². The van der Waals surface area contributed by atoms with Crippen molar-refractivity contribution in [1.82, 2.24) is 19.6 Å². The number of hydrogen-bond acceptors (Lipinski definition) is 5. The summed E-state index contributed by atoms with van der Waals surface area (Å²) in [6.45, 7) is 0. The van der Waals surface area contributed by atoms with Crippen molar-refractivity contribution < 1.29 is 9.90 Å². The fourth-order valence-corrected chi connectivity index (χ4v) is 3.10. The van der Waals surface area contributed by atoms with Gasteiger partial charge in [0.25, 0.3) is 0 Å². The molecule has 0 bridgehead atoms. The van der Waals surface area contributed by atoms with Crippen LogP contribution < -0.4 is 0 Å². The average molecular weight is 359 g/mol. The van der Waals surface area contributed by atoms with E-state index in [4.69, 9.17) is 5.11 Å². The Kier molecular flexibility index (Phi) is 4.28. The molecule has 0 radical (unpaired) electrons. The second-order valence-electron chi connectivity index (χ2n) is 4.92. The van der Waals surface area contributed by atoms with E-state index in [9.17, 15) is 4.79 Å². The van der Waals surface area contributed by atoms with Gasteiger partial charge in [-0.2, -0.15) is 5.10 Å². The SMILES string of the molecule is Cl.O=C(O)c1cc(-c2cnn3cc(-c4cccnc4)cnc23)cs1. The molecule has 0 fully saturated rings. The van der Waals surface area contributed by atoms with Gasteiger partial charge in [0.1, 0.15) is 4.88 Å². The summed E-state index contributed by atoms with van der Waals surface area (Å²) in [6, 6.07) is 5.46. The molecule has 0 saturated heterocycles. The van der Waals surface area contributed by atoms with Crippen LogP contribution in [0, 0.1) is 0 Å². The number of aromatic nitrogens is 4. The van der Waals surface area contributed by atoms with Crippen molar-refractivity contribution in [2.75, 3.05) is 0 Å². The zero-order chi connectivity index (χ0) is 15.8. The number of aromatic carboxylic acids is 1. The number of thiophene rings is 1. The van der Waals surface area contributed by atoms with Crippen molar-refractivity contribution in [3.8, 4) is 22.3 Å². The number of carbonyl (C=O) groups is 1. The quantitative estimate of drug-likeness (QED) is 0.604. The Morgan fingerprint density at radius 3 is 2.75 bits per heavy atom. The Bertz CT molecular complexity index is 1010. The minimum Gasteiger partial charge on any atom is -0.477 e. The zero-order valence-corrected chi connectivity index (χ0v) is 13.8. The number of carboxylic acid groups (broad SMARTS) is 1. The molecule has 24 heavy (non-hydrogen) atoms. The first-order chi connectivity index (χ1) is 11.2. The summed E-state index contributed by atoms with van der Waals surface area (Å²) in [5.74, 6) is -0.926. The molecule has 0 spiro atoms. The lowest BCUT2D eigenvalue weighted by atomic mass is 10.1. The lowest BCUT2D eigenvalue weighted by molar-refractivity contribution is 0.0702. The first kappa shape index (κ1) is 16.1. The van der Waals surface area contributed by atoms with Gasteiger partial charge in [0.2, 0.25) is 0 Å². The Balaban J connectivity index is 0.00000169. The van der Waals surface area contributed by atoms with Gasteiger partial charge in [0.05, 0.1) is 6.20 Å². The molecule has 0 unspecified atom stereocenters. The van der Waals surface area contributed by atoms with E-state index in [-0.39, 0.29) is 12.4 Å². The van der Waals surface area contributed by atoms with Crippen molar-refractivity contribution in [3.05, 3.63) is 59.4 Å². The van der Waals surface area contributed by atoms with Gasteiger partial charge in [-0.05, 0) is 23.1 Å². The van der Waals surface area contributed by atoms with Crippen LogP contribution in [0.15, 0.2) is 54.6 Å². The number of carboxylic acids is 1. The third kappa shape index (κ3) is 2.75. The van der Waals surface area contributed by atoms with Crippen LogP contribution in [0.2, 0.25) is 0 Å². The third-order valence-electron chi connectivity index (χ3n) is 3.47. The average Bonchev–Trinajstić information content (AvgIpc) is 3.21. The lowest BCUT2D eigenvalue weighted by Crippen LogP contribution is -1.92. The molecule has 4 heterocycles. The molecule has 4 aromatic rings. The maximum absolute atomic E-state index is 11.0. The van der Waals surface area contributed by atoms with Gasteiger partial charge >= 0.3 is 5.97 Å². The van der Waals surface area contributed by atoms with Gasteiger partial charge < -0.3 is 5.11 Å². The fourth-order valence-electron chi connectivity index (χ4n) is 2.35. The normalized spacial score (nSPS) is 10.5. The molecule has 8 heteroatoms. The maximum atomic E-state index is 11.0. The van der Waals surface area contributed by atoms with Crippen LogP contribution in [-0.4, -0.2) is 30.7 Å². The van der Waals surface area contributed by atoms with Gasteiger partial charge in [0.15, 0.2) is 5.65 Å². The van der Waals surface area contributed by atoms with E-state index in [0.29, 0.717) is 10.5 Å². The van der Waals surface area contributed by atoms with Crippen molar-refractivity contribution >= 4 is 35.4 Å². The molecule has 120 valence electrons. The number of hydrogen-bond donors (Lipinski definition) is 1. The van der Waals surface area contributed by atoms with Crippen molar-refractivity contribution in [3.63, 3.8) is 0 Å². The van der Waals surface area contributed by atoms with E-state index in [1.807, 2.05) is 18.3 Å². The molecule has 0 atom stereocenters. The van der Waals surface area contributed by atoms with Crippen LogP contribution in [0.4, 0.5) is 0 Å². The Hall–Kier alpha value is -2.77. The van der Waals surface area contributed by atoms with Crippen LogP contribution in [0.25, 0.3) is 27.9 Å².